The van der Waals surface area contributed by atoms with Crippen LogP contribution in [0.4, 0.5) is 5.69 Å². The number of piperazine rings is 1. The number of nitrogens with zero attached hydrogens (tertiary/aromatic N) is 2. The predicted octanol–water partition coefficient (Wildman–Crippen LogP) is 2.83. The van der Waals surface area contributed by atoms with Crippen LogP contribution >= 0.6 is 11.3 Å². The fourth-order valence-corrected chi connectivity index (χ4v) is 5.67. The van der Waals surface area contributed by atoms with Crippen LogP contribution in [0.1, 0.15) is 11.8 Å². The summed E-state index contributed by atoms with van der Waals surface area (Å²) in [6.07, 6.45) is 0.867. The zero-order valence-corrected chi connectivity index (χ0v) is 15.6. The van der Waals surface area contributed by atoms with Gasteiger partial charge in [-0.05, 0) is 42.8 Å². The summed E-state index contributed by atoms with van der Waals surface area (Å²) in [5.41, 5.74) is 1.09. The lowest BCUT2D eigenvalue weighted by Gasteiger charge is -2.35. The highest BCUT2D eigenvalue weighted by Crippen LogP contribution is 2.27. The van der Waals surface area contributed by atoms with Gasteiger partial charge < -0.3 is 9.64 Å². The number of hydrogen-bond donors (Lipinski definition) is 0. The van der Waals surface area contributed by atoms with Gasteiger partial charge in [0, 0.05) is 36.7 Å². The van der Waals surface area contributed by atoms with Crippen LogP contribution in [0.3, 0.4) is 0 Å². The molecule has 5 nitrogen and oxygen atoms in total. The van der Waals surface area contributed by atoms with Gasteiger partial charge in [-0.25, -0.2) is 8.42 Å². The minimum absolute atomic E-state index is 0.456. The zero-order chi connectivity index (χ0) is 17.2. The van der Waals surface area contributed by atoms with Gasteiger partial charge in [0.2, 0.25) is 0 Å². The third kappa shape index (κ3) is 3.43. The van der Waals surface area contributed by atoms with Crippen LogP contribution in [0.25, 0.3) is 0 Å². The van der Waals surface area contributed by atoms with Crippen LogP contribution in [0.2, 0.25) is 0 Å². The number of aryl methyl sites for hydroxylation is 1. The SMILES string of the molecule is CCc1ccc(S(=O)(=O)N2CCN(c3ccc(OC)cc3)CC2)s1. The Morgan fingerprint density at radius 1 is 1.04 bits per heavy atom. The van der Waals surface area contributed by atoms with Crippen molar-refractivity contribution in [3.63, 3.8) is 0 Å². The maximum Gasteiger partial charge on any atom is 0.252 e. The van der Waals surface area contributed by atoms with Crippen molar-refractivity contribution in [1.82, 2.24) is 4.31 Å². The van der Waals surface area contributed by atoms with Crippen LogP contribution in [-0.2, 0) is 16.4 Å². The van der Waals surface area contributed by atoms with Crippen molar-refractivity contribution in [3.8, 4) is 5.75 Å². The molecule has 2 aromatic rings. The molecule has 1 saturated heterocycles. The number of benzene rings is 1. The van der Waals surface area contributed by atoms with Gasteiger partial charge in [-0.1, -0.05) is 6.92 Å². The summed E-state index contributed by atoms with van der Waals surface area (Å²) >= 11 is 1.38. The van der Waals surface area contributed by atoms with Crippen molar-refractivity contribution in [2.75, 3.05) is 38.2 Å². The maximum atomic E-state index is 12.7. The first-order chi connectivity index (χ1) is 11.5. The van der Waals surface area contributed by atoms with Gasteiger partial charge >= 0.3 is 0 Å². The summed E-state index contributed by atoms with van der Waals surface area (Å²) in [7, 11) is -1.72. The second kappa shape index (κ2) is 7.13. The second-order valence-electron chi connectivity index (χ2n) is 5.66. The Hall–Kier alpha value is -1.57. The molecule has 0 unspecified atom stereocenters. The topological polar surface area (TPSA) is 49.9 Å². The standard InChI is InChI=1S/C17H22N2O3S2/c1-3-16-8-9-17(23-16)24(20,21)19-12-10-18(11-13-19)14-4-6-15(22-2)7-5-14/h4-9H,3,10-13H2,1-2H3. The number of methoxy groups -OCH3 is 1. The Morgan fingerprint density at radius 2 is 1.71 bits per heavy atom. The van der Waals surface area contributed by atoms with Crippen molar-refractivity contribution in [2.45, 2.75) is 17.6 Å². The van der Waals surface area contributed by atoms with E-state index in [1.54, 1.807) is 17.5 Å². The summed E-state index contributed by atoms with van der Waals surface area (Å²) in [4.78, 5) is 3.31. The lowest BCUT2D eigenvalue weighted by Crippen LogP contribution is -2.48. The number of anilines is 1. The molecule has 3 rings (SSSR count). The van der Waals surface area contributed by atoms with Crippen LogP contribution < -0.4 is 9.64 Å². The molecule has 7 heteroatoms. The van der Waals surface area contributed by atoms with Crippen molar-refractivity contribution in [2.24, 2.45) is 0 Å². The van der Waals surface area contributed by atoms with Crippen molar-refractivity contribution < 1.29 is 13.2 Å². The molecule has 0 aliphatic carbocycles. The molecular weight excluding hydrogens is 344 g/mol. The summed E-state index contributed by atoms with van der Waals surface area (Å²) in [6, 6.07) is 11.5. The smallest absolute Gasteiger partial charge is 0.252 e. The highest BCUT2D eigenvalue weighted by molar-refractivity contribution is 7.91. The Bertz CT molecular complexity index is 776. The van der Waals surface area contributed by atoms with E-state index >= 15 is 0 Å². The second-order valence-corrected chi connectivity index (χ2v) is 9.00. The molecule has 24 heavy (non-hydrogen) atoms. The molecular formula is C17H22N2O3S2. The van der Waals surface area contributed by atoms with E-state index in [2.05, 4.69) is 4.90 Å². The van der Waals surface area contributed by atoms with Gasteiger partial charge in [-0.15, -0.1) is 11.3 Å². The van der Waals surface area contributed by atoms with Gasteiger partial charge in [0.1, 0.15) is 9.96 Å². The molecule has 0 bridgehead atoms. The molecule has 0 N–H and O–H groups in total. The van der Waals surface area contributed by atoms with E-state index in [9.17, 15) is 8.42 Å². The summed E-state index contributed by atoms with van der Waals surface area (Å²) in [6.45, 7) is 4.44. The fourth-order valence-electron chi connectivity index (χ4n) is 2.79. The van der Waals surface area contributed by atoms with Gasteiger partial charge in [-0.2, -0.15) is 4.31 Å². The predicted molar refractivity (Wildman–Crippen MR) is 97.7 cm³/mol. The Kier molecular flexibility index (Phi) is 5.12. The van der Waals surface area contributed by atoms with Crippen LogP contribution in [-0.4, -0.2) is 46.0 Å². The quantitative estimate of drug-likeness (QED) is 0.816. The number of hydrogen-bond acceptors (Lipinski definition) is 5. The van der Waals surface area contributed by atoms with E-state index in [-0.39, 0.29) is 0 Å². The molecule has 0 amide bonds. The zero-order valence-electron chi connectivity index (χ0n) is 13.9. The molecule has 0 saturated carbocycles. The van der Waals surface area contributed by atoms with Gasteiger partial charge in [0.05, 0.1) is 7.11 Å². The Morgan fingerprint density at radius 3 is 2.25 bits per heavy atom. The van der Waals surface area contributed by atoms with Gasteiger partial charge in [-0.3, -0.25) is 0 Å². The first-order valence-electron chi connectivity index (χ1n) is 8.02. The minimum atomic E-state index is -3.36. The summed E-state index contributed by atoms with van der Waals surface area (Å²) in [5.74, 6) is 0.824. The van der Waals surface area contributed by atoms with Gasteiger partial charge in [0.15, 0.2) is 0 Å². The van der Waals surface area contributed by atoms with E-state index < -0.39 is 10.0 Å². The lowest BCUT2D eigenvalue weighted by molar-refractivity contribution is 0.385. The van der Waals surface area contributed by atoms with Crippen LogP contribution in [0.15, 0.2) is 40.6 Å². The van der Waals surface area contributed by atoms with Crippen molar-refractivity contribution >= 4 is 27.0 Å². The number of rotatable bonds is 5. The van der Waals surface area contributed by atoms with E-state index in [4.69, 9.17) is 4.74 Å². The molecule has 1 aliphatic rings. The van der Waals surface area contributed by atoms with E-state index in [1.165, 1.54) is 11.3 Å². The third-order valence-electron chi connectivity index (χ3n) is 4.26. The molecule has 1 aliphatic heterocycles. The summed E-state index contributed by atoms with van der Waals surface area (Å²) in [5, 5.41) is 0. The lowest BCUT2D eigenvalue weighted by atomic mass is 10.2. The fraction of sp³-hybridized carbons (Fsp3) is 0.412. The van der Waals surface area contributed by atoms with Gasteiger partial charge in [0.25, 0.3) is 10.0 Å². The molecule has 130 valence electrons. The Labute approximate surface area is 147 Å². The minimum Gasteiger partial charge on any atom is -0.497 e. The highest BCUT2D eigenvalue weighted by Gasteiger charge is 2.29. The van der Waals surface area contributed by atoms with E-state index in [1.807, 2.05) is 37.3 Å². The highest BCUT2D eigenvalue weighted by atomic mass is 32.2. The largest absolute Gasteiger partial charge is 0.497 e. The summed E-state index contributed by atoms with van der Waals surface area (Å²) < 4.78 is 32.7. The van der Waals surface area contributed by atoms with E-state index in [0.29, 0.717) is 30.4 Å². The average Bonchev–Trinajstić information content (AvgIpc) is 3.12. The number of thiophene rings is 1. The monoisotopic (exact) mass is 366 g/mol. The molecule has 1 aromatic carbocycles. The van der Waals surface area contributed by atoms with E-state index in [0.717, 1.165) is 22.7 Å². The molecule has 1 aromatic heterocycles. The third-order valence-corrected chi connectivity index (χ3v) is 7.85. The first-order valence-corrected chi connectivity index (χ1v) is 10.3. The van der Waals surface area contributed by atoms with Crippen LogP contribution in [0, 0.1) is 0 Å². The maximum absolute atomic E-state index is 12.7. The normalized spacial score (nSPS) is 16.3. The molecule has 1 fully saturated rings. The first kappa shape index (κ1) is 17.3. The molecule has 0 spiro atoms. The number of ether oxygens (including phenoxy) is 1. The van der Waals surface area contributed by atoms with Crippen molar-refractivity contribution in [3.05, 3.63) is 41.3 Å². The molecule has 0 atom stereocenters. The average molecular weight is 367 g/mol. The van der Waals surface area contributed by atoms with Crippen molar-refractivity contribution in [1.29, 1.82) is 0 Å². The number of sulfonamides is 1. The van der Waals surface area contributed by atoms with Crippen LogP contribution in [0.5, 0.6) is 5.75 Å². The Balaban J connectivity index is 1.67. The molecule has 2 heterocycles. The molecule has 0 radical (unpaired) electrons.